The molecule has 2 rings (SSSR count). The number of halogens is 1. The van der Waals surface area contributed by atoms with Crippen LogP contribution < -0.4 is 10.1 Å². The average Bonchev–Trinajstić information content (AvgIpc) is 2.48. The molecular formula is C18H20ClNO2. The standard InChI is InChI=1S/C18H20ClNO2/c1-12(2)14-9-8-13(3)16(10-14)20-18(21)11-22-17-7-5-4-6-15(17)19/h4-10,12H,11H2,1-3H3,(H,20,21). The zero-order chi connectivity index (χ0) is 16.1. The van der Waals surface area contributed by atoms with E-state index in [1.54, 1.807) is 12.1 Å². The molecule has 0 aromatic heterocycles. The zero-order valence-electron chi connectivity index (χ0n) is 13.0. The largest absolute Gasteiger partial charge is 0.482 e. The fraction of sp³-hybridized carbons (Fsp3) is 0.278. The van der Waals surface area contributed by atoms with Gasteiger partial charge >= 0.3 is 0 Å². The van der Waals surface area contributed by atoms with E-state index in [4.69, 9.17) is 16.3 Å². The number of para-hydroxylation sites is 1. The van der Waals surface area contributed by atoms with Gasteiger partial charge in [0.25, 0.3) is 5.91 Å². The molecule has 0 aliphatic heterocycles. The number of anilines is 1. The van der Waals surface area contributed by atoms with E-state index in [2.05, 4.69) is 25.2 Å². The quantitative estimate of drug-likeness (QED) is 0.861. The maximum absolute atomic E-state index is 12.1. The first kappa shape index (κ1) is 16.4. The van der Waals surface area contributed by atoms with Gasteiger partial charge < -0.3 is 10.1 Å². The van der Waals surface area contributed by atoms with Gasteiger partial charge in [0.15, 0.2) is 6.61 Å². The molecule has 0 spiro atoms. The minimum absolute atomic E-state index is 0.0743. The van der Waals surface area contributed by atoms with Gasteiger partial charge in [0, 0.05) is 5.69 Å². The van der Waals surface area contributed by atoms with E-state index in [1.165, 1.54) is 5.56 Å². The number of amides is 1. The van der Waals surface area contributed by atoms with Gasteiger partial charge in [-0.15, -0.1) is 0 Å². The SMILES string of the molecule is Cc1ccc(C(C)C)cc1NC(=O)COc1ccccc1Cl. The van der Waals surface area contributed by atoms with Crippen molar-refractivity contribution in [3.8, 4) is 5.75 Å². The second-order valence-electron chi connectivity index (χ2n) is 5.50. The zero-order valence-corrected chi connectivity index (χ0v) is 13.8. The monoisotopic (exact) mass is 317 g/mol. The fourth-order valence-electron chi connectivity index (χ4n) is 2.02. The maximum atomic E-state index is 12.1. The molecule has 22 heavy (non-hydrogen) atoms. The third-order valence-electron chi connectivity index (χ3n) is 3.40. The molecule has 0 heterocycles. The number of hydrogen-bond acceptors (Lipinski definition) is 2. The Labute approximate surface area is 136 Å². The molecule has 0 aliphatic rings. The molecule has 0 unspecified atom stereocenters. The summed E-state index contributed by atoms with van der Waals surface area (Å²) in [5.74, 6) is 0.714. The molecule has 0 radical (unpaired) electrons. The Morgan fingerprint density at radius 1 is 1.23 bits per heavy atom. The van der Waals surface area contributed by atoms with Crippen molar-refractivity contribution in [1.82, 2.24) is 0 Å². The Balaban J connectivity index is 2.00. The van der Waals surface area contributed by atoms with Gasteiger partial charge in [-0.05, 0) is 42.2 Å². The van der Waals surface area contributed by atoms with Crippen LogP contribution in [0.2, 0.25) is 5.02 Å². The van der Waals surface area contributed by atoms with Gasteiger partial charge in [0.2, 0.25) is 0 Å². The summed E-state index contributed by atoms with van der Waals surface area (Å²) in [5, 5.41) is 3.38. The van der Waals surface area contributed by atoms with Crippen LogP contribution in [0.4, 0.5) is 5.69 Å². The lowest BCUT2D eigenvalue weighted by Crippen LogP contribution is -2.20. The van der Waals surface area contributed by atoms with Crippen LogP contribution in [0.1, 0.15) is 30.9 Å². The number of rotatable bonds is 5. The second-order valence-corrected chi connectivity index (χ2v) is 5.90. The highest BCUT2D eigenvalue weighted by Crippen LogP contribution is 2.24. The van der Waals surface area contributed by atoms with Crippen LogP contribution >= 0.6 is 11.6 Å². The highest BCUT2D eigenvalue weighted by Gasteiger charge is 2.09. The number of aryl methyl sites for hydroxylation is 1. The molecule has 116 valence electrons. The molecular weight excluding hydrogens is 298 g/mol. The van der Waals surface area contributed by atoms with Crippen LogP contribution in [-0.2, 0) is 4.79 Å². The molecule has 0 atom stereocenters. The average molecular weight is 318 g/mol. The van der Waals surface area contributed by atoms with Crippen LogP contribution in [0.25, 0.3) is 0 Å². The molecule has 1 N–H and O–H groups in total. The van der Waals surface area contributed by atoms with Crippen molar-refractivity contribution >= 4 is 23.2 Å². The van der Waals surface area contributed by atoms with E-state index >= 15 is 0 Å². The van der Waals surface area contributed by atoms with Crippen molar-refractivity contribution < 1.29 is 9.53 Å². The van der Waals surface area contributed by atoms with E-state index in [9.17, 15) is 4.79 Å². The van der Waals surface area contributed by atoms with Crippen molar-refractivity contribution in [2.24, 2.45) is 0 Å². The number of nitrogens with one attached hydrogen (secondary N) is 1. The predicted molar refractivity (Wildman–Crippen MR) is 90.8 cm³/mol. The summed E-state index contributed by atoms with van der Waals surface area (Å²) in [7, 11) is 0. The van der Waals surface area contributed by atoms with Crippen LogP contribution in [0.5, 0.6) is 5.75 Å². The Hall–Kier alpha value is -2.00. The summed E-state index contributed by atoms with van der Waals surface area (Å²) in [5.41, 5.74) is 3.03. The predicted octanol–water partition coefficient (Wildman–Crippen LogP) is 4.79. The fourth-order valence-corrected chi connectivity index (χ4v) is 2.22. The van der Waals surface area contributed by atoms with Gasteiger partial charge in [-0.3, -0.25) is 4.79 Å². The first-order valence-corrected chi connectivity index (χ1v) is 7.63. The number of ether oxygens (including phenoxy) is 1. The van der Waals surface area contributed by atoms with Gasteiger partial charge in [-0.25, -0.2) is 0 Å². The molecule has 0 saturated heterocycles. The van der Waals surface area contributed by atoms with Gasteiger partial charge in [0.05, 0.1) is 5.02 Å². The van der Waals surface area contributed by atoms with Crippen molar-refractivity contribution in [1.29, 1.82) is 0 Å². The van der Waals surface area contributed by atoms with E-state index in [1.807, 2.05) is 31.2 Å². The van der Waals surface area contributed by atoms with E-state index in [-0.39, 0.29) is 12.5 Å². The molecule has 1 amide bonds. The lowest BCUT2D eigenvalue weighted by Gasteiger charge is -2.13. The van der Waals surface area contributed by atoms with Crippen molar-refractivity contribution in [3.63, 3.8) is 0 Å². The van der Waals surface area contributed by atoms with Crippen molar-refractivity contribution in [2.75, 3.05) is 11.9 Å². The summed E-state index contributed by atoms with van der Waals surface area (Å²) >= 11 is 5.99. The molecule has 4 heteroatoms. The first-order chi connectivity index (χ1) is 10.5. The van der Waals surface area contributed by atoms with Crippen molar-refractivity contribution in [2.45, 2.75) is 26.7 Å². The maximum Gasteiger partial charge on any atom is 0.262 e. The molecule has 2 aromatic carbocycles. The molecule has 3 nitrogen and oxygen atoms in total. The number of carbonyl (C=O) groups excluding carboxylic acids is 1. The lowest BCUT2D eigenvalue weighted by atomic mass is 10.0. The molecule has 0 saturated carbocycles. The number of hydrogen-bond donors (Lipinski definition) is 1. The summed E-state index contributed by atoms with van der Waals surface area (Å²) in [6.07, 6.45) is 0. The van der Waals surface area contributed by atoms with Crippen LogP contribution in [0.3, 0.4) is 0 Å². The number of carbonyl (C=O) groups is 1. The highest BCUT2D eigenvalue weighted by molar-refractivity contribution is 6.32. The smallest absolute Gasteiger partial charge is 0.262 e. The normalized spacial score (nSPS) is 10.6. The summed E-state index contributed by atoms with van der Waals surface area (Å²) in [4.78, 5) is 12.1. The molecule has 0 fully saturated rings. The third kappa shape index (κ3) is 4.25. The lowest BCUT2D eigenvalue weighted by molar-refractivity contribution is -0.118. The molecule has 2 aromatic rings. The van der Waals surface area contributed by atoms with Gasteiger partial charge in [0.1, 0.15) is 5.75 Å². The Morgan fingerprint density at radius 3 is 2.64 bits per heavy atom. The van der Waals surface area contributed by atoms with E-state index < -0.39 is 0 Å². The number of benzene rings is 2. The minimum atomic E-state index is -0.205. The van der Waals surface area contributed by atoms with Crippen LogP contribution in [-0.4, -0.2) is 12.5 Å². The Kier molecular flexibility index (Phi) is 5.45. The first-order valence-electron chi connectivity index (χ1n) is 7.25. The van der Waals surface area contributed by atoms with E-state index in [0.29, 0.717) is 16.7 Å². The molecule has 0 bridgehead atoms. The Morgan fingerprint density at radius 2 is 1.95 bits per heavy atom. The Bertz CT molecular complexity index is 668. The third-order valence-corrected chi connectivity index (χ3v) is 3.71. The second kappa shape index (κ2) is 7.32. The van der Waals surface area contributed by atoms with Crippen LogP contribution in [0, 0.1) is 6.92 Å². The summed E-state index contributed by atoms with van der Waals surface area (Å²) < 4.78 is 5.44. The summed E-state index contributed by atoms with van der Waals surface area (Å²) in [6, 6.07) is 13.2. The van der Waals surface area contributed by atoms with Gasteiger partial charge in [-0.1, -0.05) is 49.7 Å². The van der Waals surface area contributed by atoms with E-state index in [0.717, 1.165) is 11.3 Å². The van der Waals surface area contributed by atoms with Gasteiger partial charge in [-0.2, -0.15) is 0 Å². The topological polar surface area (TPSA) is 38.3 Å². The van der Waals surface area contributed by atoms with Crippen molar-refractivity contribution in [3.05, 3.63) is 58.6 Å². The summed E-state index contributed by atoms with van der Waals surface area (Å²) in [6.45, 7) is 6.14. The van der Waals surface area contributed by atoms with Crippen LogP contribution in [0.15, 0.2) is 42.5 Å². The highest BCUT2D eigenvalue weighted by atomic mass is 35.5. The molecule has 0 aliphatic carbocycles. The minimum Gasteiger partial charge on any atom is -0.482 e.